The molecule has 0 unspecified atom stereocenters. The molecule has 0 spiro atoms. The molecule has 3 aromatic rings. The molecule has 1 saturated carbocycles. The van der Waals surface area contributed by atoms with E-state index >= 15 is 0 Å². The molecule has 9 nitrogen and oxygen atoms in total. The van der Waals surface area contributed by atoms with Gasteiger partial charge in [0.2, 0.25) is 5.95 Å². The average Bonchev–Trinajstić information content (AvgIpc) is 2.95. The van der Waals surface area contributed by atoms with Gasteiger partial charge in [0.15, 0.2) is 5.65 Å². The number of carbonyl (C=O) groups excluding carboxylic acids is 1. The highest BCUT2D eigenvalue weighted by atomic mass is 19.1. The number of halogens is 1. The lowest BCUT2D eigenvalue weighted by Crippen LogP contribution is -2.35. The van der Waals surface area contributed by atoms with Gasteiger partial charge < -0.3 is 16.2 Å². The van der Waals surface area contributed by atoms with Crippen LogP contribution in [0, 0.1) is 12.7 Å². The third-order valence-corrected chi connectivity index (χ3v) is 6.06. The van der Waals surface area contributed by atoms with Gasteiger partial charge in [-0.25, -0.2) is 14.2 Å². The van der Waals surface area contributed by atoms with E-state index in [4.69, 9.17) is 5.73 Å². The zero-order chi connectivity index (χ0) is 22.5. The number of aliphatic hydroxyl groups is 1. The first-order chi connectivity index (χ1) is 14.6. The number of hydrogen-bond acceptors (Lipinski definition) is 6. The van der Waals surface area contributed by atoms with Gasteiger partial charge >= 0.3 is 5.69 Å². The molecule has 2 heterocycles. The summed E-state index contributed by atoms with van der Waals surface area (Å²) in [5.74, 6) is -1.39. The fraction of sp³-hybridized carbons (Fsp3) is 0.429. The predicted molar refractivity (Wildman–Crippen MR) is 114 cm³/mol. The van der Waals surface area contributed by atoms with Crippen LogP contribution >= 0.6 is 0 Å². The maximum Gasteiger partial charge on any atom is 0.330 e. The highest BCUT2D eigenvalue weighted by molar-refractivity contribution is 5.94. The Labute approximate surface area is 177 Å². The lowest BCUT2D eigenvalue weighted by molar-refractivity contribution is 0.00990. The van der Waals surface area contributed by atoms with Crippen molar-refractivity contribution < 1.29 is 14.3 Å². The van der Waals surface area contributed by atoms with E-state index in [1.807, 2.05) is 6.92 Å². The molecule has 0 saturated heterocycles. The van der Waals surface area contributed by atoms with E-state index in [2.05, 4.69) is 15.3 Å². The van der Waals surface area contributed by atoms with Gasteiger partial charge in [-0.15, -0.1) is 0 Å². The highest BCUT2D eigenvalue weighted by Crippen LogP contribution is 2.35. The number of hydrogen-bond donors (Lipinski definition) is 3. The van der Waals surface area contributed by atoms with Gasteiger partial charge in [-0.05, 0) is 57.2 Å². The number of rotatable bonds is 4. The molecule has 1 aromatic carbocycles. The summed E-state index contributed by atoms with van der Waals surface area (Å²) in [5, 5.41) is 13.2. The molecule has 1 aliphatic carbocycles. The lowest BCUT2D eigenvalue weighted by Gasteiger charge is -2.33. The first kappa shape index (κ1) is 21.0. The molecular formula is C21H25FN6O3. The van der Waals surface area contributed by atoms with Crippen LogP contribution in [0.4, 0.5) is 16.0 Å². The second-order valence-corrected chi connectivity index (χ2v) is 8.48. The standard InChI is InChI=1S/C21H25FN6O3/c1-11-8-13(17(23)29)14(22)9-15(11)25-19-24-10-16-18(26-19)28(20(30)27(16)3)12-4-6-21(2,31)7-5-12/h8-10,12,31H,4-7H2,1-3H3,(H2,23,29)(H,24,25,26)/t12-,21+. The summed E-state index contributed by atoms with van der Waals surface area (Å²) in [7, 11) is 1.67. The van der Waals surface area contributed by atoms with Gasteiger partial charge in [-0.3, -0.25) is 13.9 Å². The van der Waals surface area contributed by atoms with Crippen molar-refractivity contribution in [1.29, 1.82) is 0 Å². The third kappa shape index (κ3) is 3.78. The van der Waals surface area contributed by atoms with Gasteiger partial charge in [-0.1, -0.05) is 0 Å². The average molecular weight is 428 g/mol. The van der Waals surface area contributed by atoms with Crippen molar-refractivity contribution in [2.45, 2.75) is 51.2 Å². The van der Waals surface area contributed by atoms with Crippen LogP contribution in [0.2, 0.25) is 0 Å². The van der Waals surface area contributed by atoms with Crippen LogP contribution in [0.15, 0.2) is 23.1 Å². The Hall–Kier alpha value is -3.27. The summed E-state index contributed by atoms with van der Waals surface area (Å²) in [6, 6.07) is 2.46. The molecule has 0 radical (unpaired) electrons. The molecule has 1 amide bonds. The topological polar surface area (TPSA) is 128 Å². The van der Waals surface area contributed by atoms with E-state index in [0.717, 1.165) is 0 Å². The van der Waals surface area contributed by atoms with Gasteiger partial charge in [0.25, 0.3) is 5.91 Å². The van der Waals surface area contributed by atoms with E-state index < -0.39 is 17.3 Å². The second kappa shape index (κ2) is 7.45. The first-order valence-corrected chi connectivity index (χ1v) is 10.1. The fourth-order valence-corrected chi connectivity index (χ4v) is 4.13. The SMILES string of the molecule is Cc1cc(C(N)=O)c(F)cc1Nc1ncc2c(n1)n([C@H]1CC[C@@](C)(O)CC1)c(=O)n2C. The minimum absolute atomic E-state index is 0.0757. The number of nitrogens with two attached hydrogens (primary N) is 1. The maximum absolute atomic E-state index is 14.2. The summed E-state index contributed by atoms with van der Waals surface area (Å²) in [6.45, 7) is 3.52. The molecule has 164 valence electrons. The molecule has 1 fully saturated rings. The van der Waals surface area contributed by atoms with Crippen molar-refractivity contribution in [3.8, 4) is 0 Å². The van der Waals surface area contributed by atoms with Crippen molar-refractivity contribution >= 4 is 28.7 Å². The molecule has 2 aromatic heterocycles. The molecule has 0 aliphatic heterocycles. The minimum Gasteiger partial charge on any atom is -0.390 e. The zero-order valence-electron chi connectivity index (χ0n) is 17.6. The Kier molecular flexibility index (Phi) is 5.04. The predicted octanol–water partition coefficient (Wildman–Crippen LogP) is 2.29. The number of carbonyl (C=O) groups is 1. The van der Waals surface area contributed by atoms with Gasteiger partial charge in [0, 0.05) is 18.8 Å². The normalized spacial score (nSPS) is 21.4. The number of primary amides is 1. The van der Waals surface area contributed by atoms with Crippen LogP contribution in [-0.4, -0.2) is 35.7 Å². The highest BCUT2D eigenvalue weighted by Gasteiger charge is 2.32. The van der Waals surface area contributed by atoms with E-state index in [9.17, 15) is 19.1 Å². The van der Waals surface area contributed by atoms with Crippen molar-refractivity contribution in [2.24, 2.45) is 12.8 Å². The van der Waals surface area contributed by atoms with E-state index in [1.54, 1.807) is 24.7 Å². The van der Waals surface area contributed by atoms with E-state index in [-0.39, 0.29) is 23.2 Å². The number of benzene rings is 1. The van der Waals surface area contributed by atoms with E-state index in [1.165, 1.54) is 16.7 Å². The van der Waals surface area contributed by atoms with Crippen molar-refractivity contribution in [1.82, 2.24) is 19.1 Å². The number of imidazole rings is 1. The fourth-order valence-electron chi connectivity index (χ4n) is 4.13. The van der Waals surface area contributed by atoms with Crippen molar-refractivity contribution in [2.75, 3.05) is 5.32 Å². The molecule has 1 aliphatic rings. The maximum atomic E-state index is 14.2. The number of fused-ring (bicyclic) bond motifs is 1. The van der Waals surface area contributed by atoms with Gasteiger partial charge in [0.05, 0.1) is 17.4 Å². The molecule has 4 rings (SSSR count). The van der Waals surface area contributed by atoms with Crippen LogP contribution in [0.25, 0.3) is 11.2 Å². The summed E-state index contributed by atoms with van der Waals surface area (Å²) >= 11 is 0. The lowest BCUT2D eigenvalue weighted by atomic mass is 9.83. The monoisotopic (exact) mass is 428 g/mol. The van der Waals surface area contributed by atoms with Crippen molar-refractivity contribution in [3.63, 3.8) is 0 Å². The largest absolute Gasteiger partial charge is 0.390 e. The molecular weight excluding hydrogens is 403 g/mol. The number of anilines is 2. The minimum atomic E-state index is -0.843. The summed E-state index contributed by atoms with van der Waals surface area (Å²) in [4.78, 5) is 33.0. The number of nitrogens with one attached hydrogen (secondary N) is 1. The third-order valence-electron chi connectivity index (χ3n) is 6.06. The first-order valence-electron chi connectivity index (χ1n) is 10.1. The van der Waals surface area contributed by atoms with Gasteiger partial charge in [-0.2, -0.15) is 4.98 Å². The van der Waals surface area contributed by atoms with E-state index in [0.29, 0.717) is 48.1 Å². The Morgan fingerprint density at radius 1 is 1.35 bits per heavy atom. The van der Waals surface area contributed by atoms with Crippen LogP contribution < -0.4 is 16.7 Å². The molecule has 0 atom stereocenters. The number of aromatic nitrogens is 4. The molecule has 4 N–H and O–H groups in total. The van der Waals surface area contributed by atoms with Crippen LogP contribution in [0.3, 0.4) is 0 Å². The smallest absolute Gasteiger partial charge is 0.330 e. The Morgan fingerprint density at radius 2 is 2.03 bits per heavy atom. The zero-order valence-corrected chi connectivity index (χ0v) is 17.6. The van der Waals surface area contributed by atoms with Crippen molar-refractivity contribution in [3.05, 3.63) is 45.8 Å². The Bertz CT molecular complexity index is 1240. The number of aryl methyl sites for hydroxylation is 2. The molecule has 31 heavy (non-hydrogen) atoms. The Balaban J connectivity index is 1.72. The van der Waals surface area contributed by atoms with Gasteiger partial charge in [0.1, 0.15) is 11.3 Å². The molecule has 0 bridgehead atoms. The van der Waals surface area contributed by atoms with Crippen LogP contribution in [-0.2, 0) is 7.05 Å². The summed E-state index contributed by atoms with van der Waals surface area (Å²) < 4.78 is 17.4. The number of nitrogens with zero attached hydrogens (tertiary/aromatic N) is 4. The Morgan fingerprint density at radius 3 is 2.68 bits per heavy atom. The van der Waals surface area contributed by atoms with Crippen LogP contribution in [0.1, 0.15) is 54.6 Å². The molecule has 10 heteroatoms. The summed E-state index contributed by atoms with van der Waals surface area (Å²) in [5.41, 5.74) is 6.14. The number of amides is 1. The second-order valence-electron chi connectivity index (χ2n) is 8.48. The summed E-state index contributed by atoms with van der Waals surface area (Å²) in [6.07, 6.45) is 4.07. The van der Waals surface area contributed by atoms with Crippen LogP contribution in [0.5, 0.6) is 0 Å². The quantitative estimate of drug-likeness (QED) is 0.585.